The highest BCUT2D eigenvalue weighted by Crippen LogP contribution is 2.16. The van der Waals surface area contributed by atoms with Gasteiger partial charge in [0.2, 0.25) is 0 Å². The third-order valence-corrected chi connectivity index (χ3v) is 2.41. The normalized spacial score (nSPS) is 17.4. The minimum absolute atomic E-state index is 0.00352. The van der Waals surface area contributed by atoms with Gasteiger partial charge in [-0.05, 0) is 19.5 Å². The molecule has 0 saturated heterocycles. The third kappa shape index (κ3) is 2.54. The Hall–Kier alpha value is -0.900. The van der Waals surface area contributed by atoms with Crippen molar-refractivity contribution in [2.75, 3.05) is 7.05 Å². The van der Waals surface area contributed by atoms with Crippen LogP contribution in [0, 0.1) is 0 Å². The predicted molar refractivity (Wildman–Crippen MR) is 57.9 cm³/mol. The van der Waals surface area contributed by atoms with Crippen molar-refractivity contribution in [1.29, 1.82) is 0 Å². The fraction of sp³-hybridized carbons (Fsp3) is 0.455. The molecule has 78 valence electrons. The molecular weight excluding hydrogens is 176 g/mol. The van der Waals surface area contributed by atoms with E-state index < -0.39 is 6.10 Å². The Morgan fingerprint density at radius 3 is 2.29 bits per heavy atom. The summed E-state index contributed by atoms with van der Waals surface area (Å²) < 4.78 is 0. The zero-order chi connectivity index (χ0) is 10.6. The Morgan fingerprint density at radius 1 is 1.29 bits per heavy atom. The predicted octanol–water partition coefficient (Wildman–Crippen LogP) is 0.655. The van der Waals surface area contributed by atoms with Crippen LogP contribution in [0.1, 0.15) is 18.5 Å². The zero-order valence-electron chi connectivity index (χ0n) is 8.64. The van der Waals surface area contributed by atoms with Gasteiger partial charge in [-0.25, -0.2) is 0 Å². The molecule has 0 aliphatic rings. The molecule has 3 nitrogen and oxygen atoms in total. The van der Waals surface area contributed by atoms with E-state index in [1.54, 1.807) is 6.92 Å². The lowest BCUT2D eigenvalue weighted by Gasteiger charge is -2.25. The summed E-state index contributed by atoms with van der Waals surface area (Å²) in [6.07, 6.45) is -0.521. The molecule has 1 unspecified atom stereocenters. The van der Waals surface area contributed by atoms with E-state index >= 15 is 0 Å². The van der Waals surface area contributed by atoms with Crippen LogP contribution in [0.3, 0.4) is 0 Å². The first kappa shape index (κ1) is 11.2. The maximum absolute atomic E-state index is 9.42. The molecule has 3 heteroatoms. The Balaban J connectivity index is 2.82. The molecule has 3 atom stereocenters. The molecule has 1 aromatic rings. The summed E-state index contributed by atoms with van der Waals surface area (Å²) in [4.78, 5) is 0. The zero-order valence-corrected chi connectivity index (χ0v) is 8.64. The molecule has 0 saturated carbocycles. The van der Waals surface area contributed by atoms with Crippen LogP contribution in [0.15, 0.2) is 30.3 Å². The van der Waals surface area contributed by atoms with E-state index in [9.17, 15) is 5.11 Å². The molecule has 4 N–H and O–H groups in total. The lowest BCUT2D eigenvalue weighted by Crippen LogP contribution is -2.43. The first-order valence-corrected chi connectivity index (χ1v) is 4.82. The molecule has 0 aliphatic carbocycles. The molecule has 0 spiro atoms. The van der Waals surface area contributed by atoms with Crippen LogP contribution in [-0.2, 0) is 0 Å². The summed E-state index contributed by atoms with van der Waals surface area (Å²) in [5, 5.41) is 12.5. The van der Waals surface area contributed by atoms with Gasteiger partial charge < -0.3 is 16.2 Å². The van der Waals surface area contributed by atoms with Crippen LogP contribution in [0.25, 0.3) is 0 Å². The Bertz CT molecular complexity index is 261. The number of aliphatic hydroxyl groups excluding tert-OH is 1. The molecule has 0 bridgehead atoms. The van der Waals surface area contributed by atoms with Crippen molar-refractivity contribution in [3.63, 3.8) is 0 Å². The van der Waals surface area contributed by atoms with Crippen LogP contribution in [0.2, 0.25) is 0 Å². The van der Waals surface area contributed by atoms with Gasteiger partial charge in [-0.2, -0.15) is 0 Å². The van der Waals surface area contributed by atoms with E-state index in [0.29, 0.717) is 0 Å². The van der Waals surface area contributed by atoms with Crippen LogP contribution < -0.4 is 11.1 Å². The van der Waals surface area contributed by atoms with Crippen molar-refractivity contribution < 1.29 is 5.11 Å². The van der Waals surface area contributed by atoms with Gasteiger partial charge in [0.05, 0.1) is 6.10 Å². The first-order valence-electron chi connectivity index (χ1n) is 4.82. The first-order chi connectivity index (χ1) is 6.66. The minimum atomic E-state index is -0.521. The SMILES string of the molecule is CNC(c1ccccc1)[C@@H](N)[C@H](C)O. The number of nitrogens with two attached hydrogens (primary N) is 1. The quantitative estimate of drug-likeness (QED) is 0.660. The van der Waals surface area contributed by atoms with Crippen molar-refractivity contribution in [2.45, 2.75) is 25.1 Å². The highest BCUT2D eigenvalue weighted by Gasteiger charge is 2.21. The standard InChI is InChI=1S/C11H18N2O/c1-8(14)10(12)11(13-2)9-6-4-3-5-7-9/h3-8,10-11,13-14H,12H2,1-2H3/t8-,10-,11?/m0/s1. The van der Waals surface area contributed by atoms with E-state index in [1.165, 1.54) is 0 Å². The third-order valence-electron chi connectivity index (χ3n) is 2.41. The molecule has 0 radical (unpaired) electrons. The molecule has 0 fully saturated rings. The van der Waals surface area contributed by atoms with Gasteiger partial charge in [0.1, 0.15) is 0 Å². The van der Waals surface area contributed by atoms with Gasteiger partial charge in [0, 0.05) is 12.1 Å². The number of rotatable bonds is 4. The number of hydrogen-bond acceptors (Lipinski definition) is 3. The van der Waals surface area contributed by atoms with Crippen LogP contribution in [0.4, 0.5) is 0 Å². The van der Waals surface area contributed by atoms with Gasteiger partial charge in [0.15, 0.2) is 0 Å². The molecule has 0 heterocycles. The largest absolute Gasteiger partial charge is 0.392 e. The fourth-order valence-electron chi connectivity index (χ4n) is 1.52. The highest BCUT2D eigenvalue weighted by atomic mass is 16.3. The smallest absolute Gasteiger partial charge is 0.0681 e. The lowest BCUT2D eigenvalue weighted by molar-refractivity contribution is 0.145. The van der Waals surface area contributed by atoms with Gasteiger partial charge in [-0.3, -0.25) is 0 Å². The second-order valence-corrected chi connectivity index (χ2v) is 3.49. The minimum Gasteiger partial charge on any atom is -0.392 e. The van der Waals surface area contributed by atoms with Crippen molar-refractivity contribution >= 4 is 0 Å². The average Bonchev–Trinajstić information content (AvgIpc) is 2.20. The van der Waals surface area contributed by atoms with Crippen molar-refractivity contribution in [3.8, 4) is 0 Å². The summed E-state index contributed by atoms with van der Waals surface area (Å²) >= 11 is 0. The molecule has 0 amide bonds. The van der Waals surface area contributed by atoms with E-state index in [2.05, 4.69) is 5.32 Å². The second kappa shape index (κ2) is 5.10. The number of hydrogen-bond donors (Lipinski definition) is 3. The van der Waals surface area contributed by atoms with Gasteiger partial charge in [-0.15, -0.1) is 0 Å². The number of nitrogens with one attached hydrogen (secondary N) is 1. The second-order valence-electron chi connectivity index (χ2n) is 3.49. The van der Waals surface area contributed by atoms with Crippen molar-refractivity contribution in [3.05, 3.63) is 35.9 Å². The number of likely N-dealkylation sites (N-methyl/N-ethyl adjacent to an activating group) is 1. The van der Waals surface area contributed by atoms with Crippen molar-refractivity contribution in [1.82, 2.24) is 5.32 Å². The fourth-order valence-corrected chi connectivity index (χ4v) is 1.52. The number of benzene rings is 1. The maximum Gasteiger partial charge on any atom is 0.0681 e. The Labute approximate surface area is 84.9 Å². The summed E-state index contributed by atoms with van der Waals surface area (Å²) in [6.45, 7) is 1.71. The topological polar surface area (TPSA) is 58.3 Å². The molecule has 0 aliphatic heterocycles. The van der Waals surface area contributed by atoms with Crippen LogP contribution >= 0.6 is 0 Å². The van der Waals surface area contributed by atoms with Gasteiger partial charge in [0.25, 0.3) is 0 Å². The molecule has 1 rings (SSSR count). The van der Waals surface area contributed by atoms with E-state index in [-0.39, 0.29) is 12.1 Å². The molecule has 0 aromatic heterocycles. The van der Waals surface area contributed by atoms with E-state index in [1.807, 2.05) is 37.4 Å². The molecular formula is C11H18N2O. The van der Waals surface area contributed by atoms with Gasteiger partial charge in [-0.1, -0.05) is 30.3 Å². The number of aliphatic hydroxyl groups is 1. The average molecular weight is 194 g/mol. The van der Waals surface area contributed by atoms with Crippen LogP contribution in [0.5, 0.6) is 0 Å². The lowest BCUT2D eigenvalue weighted by atomic mass is 9.97. The summed E-state index contributed by atoms with van der Waals surface area (Å²) in [6, 6.07) is 9.61. The Morgan fingerprint density at radius 2 is 1.86 bits per heavy atom. The molecule has 14 heavy (non-hydrogen) atoms. The Kier molecular flexibility index (Phi) is 4.07. The monoisotopic (exact) mass is 194 g/mol. The summed E-state index contributed by atoms with van der Waals surface area (Å²) in [5.41, 5.74) is 6.99. The van der Waals surface area contributed by atoms with Crippen molar-refractivity contribution in [2.24, 2.45) is 5.73 Å². The highest BCUT2D eigenvalue weighted by molar-refractivity contribution is 5.20. The summed E-state index contributed by atoms with van der Waals surface area (Å²) in [5.74, 6) is 0. The summed E-state index contributed by atoms with van der Waals surface area (Å²) in [7, 11) is 1.85. The molecule has 1 aromatic carbocycles. The van der Waals surface area contributed by atoms with Crippen LogP contribution in [-0.4, -0.2) is 24.3 Å². The van der Waals surface area contributed by atoms with E-state index in [0.717, 1.165) is 5.56 Å². The maximum atomic E-state index is 9.42. The van der Waals surface area contributed by atoms with E-state index in [4.69, 9.17) is 5.73 Å². The van der Waals surface area contributed by atoms with Gasteiger partial charge >= 0.3 is 0 Å².